The zero-order chi connectivity index (χ0) is 17.3. The van der Waals surface area contributed by atoms with Gasteiger partial charge in [0, 0.05) is 16.5 Å². The van der Waals surface area contributed by atoms with E-state index < -0.39 is 5.60 Å². The first-order valence-electron chi connectivity index (χ1n) is 8.23. The molecule has 1 aromatic carbocycles. The number of amides is 1. The quantitative estimate of drug-likeness (QED) is 0.711. The summed E-state index contributed by atoms with van der Waals surface area (Å²) < 4.78 is 5.26. The van der Waals surface area contributed by atoms with E-state index in [1.165, 1.54) is 11.3 Å². The van der Waals surface area contributed by atoms with E-state index >= 15 is 0 Å². The highest BCUT2D eigenvalue weighted by Gasteiger charge is 2.46. The highest BCUT2D eigenvalue weighted by Crippen LogP contribution is 2.46. The lowest BCUT2D eigenvalue weighted by atomic mass is 9.95. The molecule has 4 rings (SSSR count). The summed E-state index contributed by atoms with van der Waals surface area (Å²) in [6.07, 6.45) is 1.96. The first-order chi connectivity index (χ1) is 12.2. The minimum atomic E-state index is -1.00. The van der Waals surface area contributed by atoms with Gasteiger partial charge in [-0.3, -0.25) is 4.79 Å². The number of nitrogens with one attached hydrogen (secondary N) is 1. The van der Waals surface area contributed by atoms with Crippen LogP contribution in [0.25, 0.3) is 11.3 Å². The summed E-state index contributed by atoms with van der Waals surface area (Å²) in [6.45, 7) is 0.171. The van der Waals surface area contributed by atoms with E-state index in [0.717, 1.165) is 23.3 Å². The molecule has 3 aromatic rings. The van der Waals surface area contributed by atoms with Gasteiger partial charge in [-0.15, -0.1) is 11.3 Å². The van der Waals surface area contributed by atoms with E-state index in [4.69, 9.17) is 4.52 Å². The molecule has 128 valence electrons. The van der Waals surface area contributed by atoms with Crippen molar-refractivity contribution in [3.63, 3.8) is 0 Å². The second-order valence-electron chi connectivity index (χ2n) is 6.30. The van der Waals surface area contributed by atoms with Crippen LogP contribution in [0.1, 0.15) is 28.2 Å². The van der Waals surface area contributed by atoms with Gasteiger partial charge in [-0.1, -0.05) is 41.6 Å². The van der Waals surface area contributed by atoms with Crippen molar-refractivity contribution in [3.8, 4) is 11.3 Å². The molecule has 1 aliphatic rings. The number of carbonyl (C=O) groups excluding carboxylic acids is 1. The number of hydrogen-bond donors (Lipinski definition) is 2. The Hall–Kier alpha value is -2.44. The van der Waals surface area contributed by atoms with Crippen molar-refractivity contribution < 1.29 is 14.4 Å². The van der Waals surface area contributed by atoms with Crippen LogP contribution in [-0.2, 0) is 5.60 Å². The molecule has 1 saturated carbocycles. The van der Waals surface area contributed by atoms with Crippen LogP contribution in [0.5, 0.6) is 0 Å². The number of aromatic nitrogens is 1. The Morgan fingerprint density at radius 1 is 1.28 bits per heavy atom. The summed E-state index contributed by atoms with van der Waals surface area (Å²) in [7, 11) is 0. The Morgan fingerprint density at radius 2 is 2.08 bits per heavy atom. The van der Waals surface area contributed by atoms with Gasteiger partial charge in [-0.2, -0.15) is 0 Å². The monoisotopic (exact) mass is 354 g/mol. The van der Waals surface area contributed by atoms with Gasteiger partial charge in [-0.25, -0.2) is 0 Å². The molecule has 0 bridgehead atoms. The van der Waals surface area contributed by atoms with E-state index in [2.05, 4.69) is 10.5 Å². The first-order valence-corrected chi connectivity index (χ1v) is 9.11. The molecule has 2 N–H and O–H groups in total. The SMILES string of the molecule is O=C(NC[C@](O)(c1cccs1)C1CC1)c1cc(-c2ccccc2)on1. The molecule has 1 atom stereocenters. The van der Waals surface area contributed by atoms with E-state index in [1.54, 1.807) is 6.07 Å². The largest absolute Gasteiger partial charge is 0.382 e. The fourth-order valence-electron chi connectivity index (χ4n) is 2.94. The number of nitrogens with zero attached hydrogens (tertiary/aromatic N) is 1. The van der Waals surface area contributed by atoms with Crippen LogP contribution >= 0.6 is 11.3 Å². The first kappa shape index (κ1) is 16.1. The third-order valence-electron chi connectivity index (χ3n) is 4.52. The molecule has 5 nitrogen and oxygen atoms in total. The maximum absolute atomic E-state index is 12.4. The van der Waals surface area contributed by atoms with Crippen molar-refractivity contribution in [2.24, 2.45) is 5.92 Å². The molecule has 0 saturated heterocycles. The van der Waals surface area contributed by atoms with Crippen LogP contribution in [0.4, 0.5) is 0 Å². The fraction of sp³-hybridized carbons (Fsp3) is 0.263. The van der Waals surface area contributed by atoms with Crippen molar-refractivity contribution in [2.45, 2.75) is 18.4 Å². The standard InChI is InChI=1S/C19H18N2O3S/c22-18(15-11-16(24-21-15)13-5-2-1-3-6-13)20-12-19(23,14-8-9-14)17-7-4-10-25-17/h1-7,10-11,14,23H,8-9,12H2,(H,20,22)/t19-/m1/s1. The average molecular weight is 354 g/mol. The van der Waals surface area contributed by atoms with Crippen LogP contribution in [0.3, 0.4) is 0 Å². The summed E-state index contributed by atoms with van der Waals surface area (Å²) in [5, 5.41) is 19.6. The van der Waals surface area contributed by atoms with Crippen LogP contribution in [-0.4, -0.2) is 22.7 Å². The Balaban J connectivity index is 1.46. The zero-order valence-corrected chi connectivity index (χ0v) is 14.3. The molecule has 25 heavy (non-hydrogen) atoms. The number of thiophene rings is 1. The highest BCUT2D eigenvalue weighted by molar-refractivity contribution is 7.10. The van der Waals surface area contributed by atoms with E-state index in [-0.39, 0.29) is 24.1 Å². The van der Waals surface area contributed by atoms with E-state index in [9.17, 15) is 9.90 Å². The minimum Gasteiger partial charge on any atom is -0.382 e. The summed E-state index contributed by atoms with van der Waals surface area (Å²) in [5.74, 6) is 0.395. The highest BCUT2D eigenvalue weighted by atomic mass is 32.1. The van der Waals surface area contributed by atoms with Crippen molar-refractivity contribution in [3.05, 3.63) is 64.5 Å². The van der Waals surface area contributed by atoms with Crippen LogP contribution in [0.15, 0.2) is 58.4 Å². The molecule has 0 unspecified atom stereocenters. The van der Waals surface area contributed by atoms with Crippen LogP contribution in [0.2, 0.25) is 0 Å². The van der Waals surface area contributed by atoms with Gasteiger partial charge in [0.2, 0.25) is 0 Å². The van der Waals surface area contributed by atoms with Gasteiger partial charge in [0.05, 0.1) is 6.54 Å². The molecule has 0 aliphatic heterocycles. The fourth-order valence-corrected chi connectivity index (χ4v) is 3.85. The third-order valence-corrected chi connectivity index (χ3v) is 5.56. The molecule has 6 heteroatoms. The molecule has 2 aromatic heterocycles. The minimum absolute atomic E-state index is 0.171. The van der Waals surface area contributed by atoms with Crippen molar-refractivity contribution >= 4 is 17.2 Å². The topological polar surface area (TPSA) is 75.4 Å². The Kier molecular flexibility index (Phi) is 4.15. The average Bonchev–Trinajstić information content (AvgIpc) is 3.15. The maximum Gasteiger partial charge on any atom is 0.273 e. The Labute approximate surface area is 149 Å². The van der Waals surface area contributed by atoms with Crippen LogP contribution in [0, 0.1) is 5.92 Å². The van der Waals surface area contributed by atoms with Crippen LogP contribution < -0.4 is 5.32 Å². The lowest BCUT2D eigenvalue weighted by Gasteiger charge is -2.27. The van der Waals surface area contributed by atoms with E-state index in [1.807, 2.05) is 47.8 Å². The molecular weight excluding hydrogens is 336 g/mol. The summed E-state index contributed by atoms with van der Waals surface area (Å²) in [4.78, 5) is 13.3. The normalized spacial score (nSPS) is 16.4. The van der Waals surface area contributed by atoms with Gasteiger partial charge in [0.1, 0.15) is 5.60 Å². The number of carbonyl (C=O) groups is 1. The summed E-state index contributed by atoms with van der Waals surface area (Å²) in [6, 6.07) is 14.9. The summed E-state index contributed by atoms with van der Waals surface area (Å²) in [5.41, 5.74) is 0.0702. The number of aliphatic hydroxyl groups is 1. The second kappa shape index (κ2) is 6.46. The van der Waals surface area contributed by atoms with E-state index in [0.29, 0.717) is 5.76 Å². The molecular formula is C19H18N2O3S. The molecule has 0 radical (unpaired) electrons. The number of benzene rings is 1. The molecule has 1 amide bonds. The summed E-state index contributed by atoms with van der Waals surface area (Å²) >= 11 is 1.51. The van der Waals surface area contributed by atoms with Crippen molar-refractivity contribution in [1.82, 2.24) is 10.5 Å². The number of rotatable bonds is 6. The second-order valence-corrected chi connectivity index (χ2v) is 7.25. The smallest absolute Gasteiger partial charge is 0.273 e. The molecule has 0 spiro atoms. The Morgan fingerprint density at radius 3 is 2.76 bits per heavy atom. The van der Waals surface area contributed by atoms with Crippen molar-refractivity contribution in [1.29, 1.82) is 0 Å². The lowest BCUT2D eigenvalue weighted by Crippen LogP contribution is -2.42. The maximum atomic E-state index is 12.4. The molecule has 1 fully saturated rings. The van der Waals surface area contributed by atoms with Crippen molar-refractivity contribution in [2.75, 3.05) is 6.54 Å². The molecule has 2 heterocycles. The van der Waals surface area contributed by atoms with Gasteiger partial charge in [0.25, 0.3) is 5.91 Å². The van der Waals surface area contributed by atoms with Gasteiger partial charge >= 0.3 is 0 Å². The number of hydrogen-bond acceptors (Lipinski definition) is 5. The zero-order valence-electron chi connectivity index (χ0n) is 13.5. The third kappa shape index (κ3) is 3.23. The molecule has 1 aliphatic carbocycles. The van der Waals surface area contributed by atoms with Gasteiger partial charge in [-0.05, 0) is 30.2 Å². The predicted molar refractivity (Wildman–Crippen MR) is 95.2 cm³/mol. The van der Waals surface area contributed by atoms with Gasteiger partial charge < -0.3 is 14.9 Å². The predicted octanol–water partition coefficient (Wildman–Crippen LogP) is 3.43. The Bertz CT molecular complexity index is 856. The lowest BCUT2D eigenvalue weighted by molar-refractivity contribution is 0.0168. The van der Waals surface area contributed by atoms with Gasteiger partial charge in [0.15, 0.2) is 11.5 Å².